The van der Waals surface area contributed by atoms with Gasteiger partial charge in [0.15, 0.2) is 0 Å². The van der Waals surface area contributed by atoms with E-state index < -0.39 is 0 Å². The Balaban J connectivity index is 1.83. The highest BCUT2D eigenvalue weighted by molar-refractivity contribution is 7.21. The molecule has 2 aromatic heterocycles. The summed E-state index contributed by atoms with van der Waals surface area (Å²) < 4.78 is 2.56. The van der Waals surface area contributed by atoms with Gasteiger partial charge in [0.25, 0.3) is 5.91 Å². The molecule has 0 fully saturated rings. The van der Waals surface area contributed by atoms with Crippen LogP contribution in [0.1, 0.15) is 65.7 Å². The summed E-state index contributed by atoms with van der Waals surface area (Å²) in [5, 5.41) is 5.99. The third-order valence-corrected chi connectivity index (χ3v) is 6.56. The van der Waals surface area contributed by atoms with Crippen molar-refractivity contribution in [3.05, 3.63) is 51.1 Å². The number of rotatable bonds is 7. The molecule has 0 N–H and O–H groups in total. The summed E-state index contributed by atoms with van der Waals surface area (Å²) >= 11 is 7.92. The highest BCUT2D eigenvalue weighted by atomic mass is 35.5. The zero-order chi connectivity index (χ0) is 18.7. The molecule has 3 rings (SSSR count). The van der Waals surface area contributed by atoms with Crippen LogP contribution in [0.25, 0.3) is 10.1 Å². The molecule has 138 valence electrons. The van der Waals surface area contributed by atoms with Crippen molar-refractivity contribution in [2.45, 2.75) is 59.3 Å². The van der Waals surface area contributed by atoms with Gasteiger partial charge < -0.3 is 0 Å². The van der Waals surface area contributed by atoms with Crippen LogP contribution in [0.4, 0.5) is 0 Å². The summed E-state index contributed by atoms with van der Waals surface area (Å²) in [4.78, 5) is 13.6. The predicted molar refractivity (Wildman–Crippen MR) is 111 cm³/mol. The minimum atomic E-state index is -0.131. The molecule has 0 amide bonds. The Hall–Kier alpha value is -1.65. The fourth-order valence-corrected chi connectivity index (χ4v) is 4.82. The molecule has 0 aliphatic heterocycles. The van der Waals surface area contributed by atoms with Gasteiger partial charge in [0, 0.05) is 15.8 Å². The molecule has 2 heterocycles. The van der Waals surface area contributed by atoms with Gasteiger partial charge in [-0.05, 0) is 38.3 Å². The molecule has 5 heteroatoms. The van der Waals surface area contributed by atoms with Crippen LogP contribution in [0.15, 0.2) is 24.3 Å². The van der Waals surface area contributed by atoms with Gasteiger partial charge in [-0.3, -0.25) is 4.79 Å². The Kier molecular flexibility index (Phi) is 6.15. The Morgan fingerprint density at radius 1 is 1.15 bits per heavy atom. The van der Waals surface area contributed by atoms with Crippen LogP contribution < -0.4 is 0 Å². The number of benzene rings is 1. The average Bonchev–Trinajstić information content (AvgIpc) is 3.12. The highest BCUT2D eigenvalue weighted by Gasteiger charge is 2.22. The summed E-state index contributed by atoms with van der Waals surface area (Å²) in [5.74, 6) is -0.131. The van der Waals surface area contributed by atoms with Crippen molar-refractivity contribution >= 4 is 38.9 Å². The molecule has 0 atom stereocenters. The number of aromatic nitrogens is 2. The molecule has 0 aliphatic carbocycles. The van der Waals surface area contributed by atoms with Crippen LogP contribution >= 0.6 is 22.9 Å². The van der Waals surface area contributed by atoms with Crippen LogP contribution in [0, 0.1) is 13.8 Å². The number of carbonyl (C=O) groups is 1. The molecule has 26 heavy (non-hydrogen) atoms. The van der Waals surface area contributed by atoms with E-state index in [1.165, 1.54) is 47.3 Å². The zero-order valence-corrected chi connectivity index (χ0v) is 17.2. The van der Waals surface area contributed by atoms with Gasteiger partial charge in [-0.1, -0.05) is 62.4 Å². The van der Waals surface area contributed by atoms with Crippen molar-refractivity contribution in [3.63, 3.8) is 0 Å². The van der Waals surface area contributed by atoms with Gasteiger partial charge in [-0.25, -0.2) is 0 Å². The fraction of sp³-hybridized carbons (Fsp3) is 0.429. The first-order valence-corrected chi connectivity index (χ1v) is 10.5. The number of nitrogens with zero attached hydrogens (tertiary/aromatic N) is 2. The van der Waals surface area contributed by atoms with Gasteiger partial charge in [0.1, 0.15) is 4.88 Å². The summed E-state index contributed by atoms with van der Waals surface area (Å²) in [6.07, 6.45) is 7.17. The maximum absolute atomic E-state index is 13.1. The number of hydrogen-bond acceptors (Lipinski definition) is 3. The van der Waals surface area contributed by atoms with Crippen molar-refractivity contribution in [3.8, 4) is 0 Å². The Morgan fingerprint density at radius 2 is 1.88 bits per heavy atom. The lowest BCUT2D eigenvalue weighted by Gasteiger charge is -2.04. The van der Waals surface area contributed by atoms with Crippen molar-refractivity contribution in [2.75, 3.05) is 0 Å². The Bertz CT molecular complexity index is 926. The van der Waals surface area contributed by atoms with E-state index >= 15 is 0 Å². The summed E-state index contributed by atoms with van der Waals surface area (Å²) in [7, 11) is 0. The number of fused-ring (bicyclic) bond motifs is 1. The standard InChI is InChI=1S/C21H25ClN2OS/c1-4-5-6-7-8-11-16-14(2)23-24(15(16)3)21(25)20-19(22)17-12-9-10-13-18(17)26-20/h9-10,12-13H,4-8,11H2,1-3H3. The molecule has 0 saturated carbocycles. The number of unbranched alkanes of at least 4 members (excludes halogenated alkanes) is 4. The van der Waals surface area contributed by atoms with E-state index in [9.17, 15) is 4.79 Å². The van der Waals surface area contributed by atoms with Crippen LogP contribution in [-0.4, -0.2) is 15.7 Å². The zero-order valence-electron chi connectivity index (χ0n) is 15.6. The third kappa shape index (κ3) is 3.72. The van der Waals surface area contributed by atoms with E-state index in [2.05, 4.69) is 12.0 Å². The molecule has 3 aromatic rings. The number of aryl methyl sites for hydroxylation is 1. The van der Waals surface area contributed by atoms with Crippen LogP contribution in [0.5, 0.6) is 0 Å². The minimum absolute atomic E-state index is 0.131. The molecule has 3 nitrogen and oxygen atoms in total. The monoisotopic (exact) mass is 388 g/mol. The van der Waals surface area contributed by atoms with E-state index in [1.54, 1.807) is 0 Å². The van der Waals surface area contributed by atoms with Gasteiger partial charge in [-0.15, -0.1) is 11.3 Å². The first-order valence-electron chi connectivity index (χ1n) is 9.31. The first-order chi connectivity index (χ1) is 12.5. The normalized spacial score (nSPS) is 11.4. The molecule has 0 saturated heterocycles. The van der Waals surface area contributed by atoms with E-state index in [-0.39, 0.29) is 5.91 Å². The maximum atomic E-state index is 13.1. The largest absolute Gasteiger partial charge is 0.290 e. The molecule has 0 spiro atoms. The van der Waals surface area contributed by atoms with Gasteiger partial charge in [0.2, 0.25) is 0 Å². The number of hydrogen-bond donors (Lipinski definition) is 0. The topological polar surface area (TPSA) is 34.9 Å². The van der Waals surface area contributed by atoms with Gasteiger partial charge in [-0.2, -0.15) is 9.78 Å². The molecular formula is C21H25ClN2OS. The predicted octanol–water partition coefficient (Wildman–Crippen LogP) is 6.57. The second-order valence-electron chi connectivity index (χ2n) is 6.77. The first kappa shape index (κ1) is 19.1. The van der Waals surface area contributed by atoms with Crippen LogP contribution in [-0.2, 0) is 6.42 Å². The van der Waals surface area contributed by atoms with Crippen LogP contribution in [0.3, 0.4) is 0 Å². The van der Waals surface area contributed by atoms with Crippen molar-refractivity contribution in [1.29, 1.82) is 0 Å². The maximum Gasteiger partial charge on any atom is 0.290 e. The molecule has 0 bridgehead atoms. The number of carbonyl (C=O) groups excluding carboxylic acids is 1. The number of halogens is 1. The van der Waals surface area contributed by atoms with Crippen molar-refractivity contribution < 1.29 is 4.79 Å². The smallest absolute Gasteiger partial charge is 0.266 e. The lowest BCUT2D eigenvalue weighted by Crippen LogP contribution is -2.14. The van der Waals surface area contributed by atoms with E-state index in [0.29, 0.717) is 9.90 Å². The Morgan fingerprint density at radius 3 is 2.62 bits per heavy atom. The lowest BCUT2D eigenvalue weighted by molar-refractivity contribution is 0.0946. The van der Waals surface area contributed by atoms with Gasteiger partial charge >= 0.3 is 0 Å². The van der Waals surface area contributed by atoms with Crippen molar-refractivity contribution in [2.24, 2.45) is 0 Å². The average molecular weight is 389 g/mol. The highest BCUT2D eigenvalue weighted by Crippen LogP contribution is 2.36. The summed E-state index contributed by atoms with van der Waals surface area (Å²) in [5.41, 5.74) is 3.09. The Labute approximate surface area is 164 Å². The van der Waals surface area contributed by atoms with E-state index in [4.69, 9.17) is 11.6 Å². The van der Waals surface area contributed by atoms with E-state index in [0.717, 1.165) is 34.3 Å². The molecule has 0 aliphatic rings. The third-order valence-electron chi connectivity index (χ3n) is 4.89. The summed E-state index contributed by atoms with van der Waals surface area (Å²) in [6, 6.07) is 7.85. The lowest BCUT2D eigenvalue weighted by atomic mass is 10.0. The van der Waals surface area contributed by atoms with E-state index in [1.807, 2.05) is 38.1 Å². The molecule has 1 aromatic carbocycles. The van der Waals surface area contributed by atoms with Gasteiger partial charge in [0.05, 0.1) is 10.7 Å². The molecular weight excluding hydrogens is 364 g/mol. The second kappa shape index (κ2) is 8.36. The minimum Gasteiger partial charge on any atom is -0.266 e. The SMILES string of the molecule is CCCCCCCc1c(C)nn(C(=O)c2sc3ccccc3c2Cl)c1C. The fourth-order valence-electron chi connectivity index (χ4n) is 3.39. The quantitative estimate of drug-likeness (QED) is 0.429. The van der Waals surface area contributed by atoms with Crippen LogP contribution in [0.2, 0.25) is 5.02 Å². The van der Waals surface area contributed by atoms with Crippen molar-refractivity contribution in [1.82, 2.24) is 9.78 Å². The number of thiophene rings is 1. The summed E-state index contributed by atoms with van der Waals surface area (Å²) in [6.45, 7) is 6.20. The molecule has 0 radical (unpaired) electrons. The second-order valence-corrected chi connectivity index (χ2v) is 8.20. The molecule has 0 unspecified atom stereocenters.